The molecular weight excluding hydrogens is 471 g/mol. The SMILES string of the molecule is Cc1ccc(NC(=O)c2csc(CN(CCc3c[nH]c4ccccc34)Cc3ccccc3F)n2)cc1. The number of para-hydroxylation sites is 1. The molecule has 0 radical (unpaired) electrons. The second-order valence-electron chi connectivity index (χ2n) is 8.86. The fraction of sp³-hybridized carbons (Fsp3) is 0.172. The summed E-state index contributed by atoms with van der Waals surface area (Å²) >= 11 is 1.45. The number of thiazole rings is 1. The lowest BCUT2D eigenvalue weighted by Crippen LogP contribution is -2.26. The summed E-state index contributed by atoms with van der Waals surface area (Å²) in [6.45, 7) is 3.71. The van der Waals surface area contributed by atoms with Crippen LogP contribution in [-0.4, -0.2) is 27.3 Å². The molecule has 2 aromatic heterocycles. The number of aryl methyl sites for hydroxylation is 1. The maximum Gasteiger partial charge on any atom is 0.275 e. The number of carbonyl (C=O) groups excluding carboxylic acids is 1. The highest BCUT2D eigenvalue weighted by atomic mass is 32.1. The molecule has 0 fully saturated rings. The van der Waals surface area contributed by atoms with Crippen LogP contribution in [0.15, 0.2) is 84.4 Å². The molecule has 0 bridgehead atoms. The van der Waals surface area contributed by atoms with Crippen molar-refractivity contribution in [1.82, 2.24) is 14.9 Å². The number of anilines is 1. The van der Waals surface area contributed by atoms with Gasteiger partial charge in [-0.3, -0.25) is 9.69 Å². The first-order valence-corrected chi connectivity index (χ1v) is 12.8. The van der Waals surface area contributed by atoms with E-state index in [0.717, 1.165) is 34.7 Å². The molecule has 1 amide bonds. The van der Waals surface area contributed by atoms with E-state index in [-0.39, 0.29) is 11.7 Å². The molecule has 36 heavy (non-hydrogen) atoms. The summed E-state index contributed by atoms with van der Waals surface area (Å²) in [5.41, 5.74) is 5.23. The van der Waals surface area contributed by atoms with E-state index < -0.39 is 0 Å². The lowest BCUT2D eigenvalue weighted by atomic mass is 10.1. The lowest BCUT2D eigenvalue weighted by Gasteiger charge is -2.21. The number of rotatable bonds is 9. The molecule has 3 aromatic carbocycles. The van der Waals surface area contributed by atoms with Crippen molar-refractivity contribution in [3.05, 3.63) is 118 Å². The Morgan fingerprint density at radius 1 is 1.00 bits per heavy atom. The Bertz CT molecular complexity index is 1470. The Morgan fingerprint density at radius 3 is 2.61 bits per heavy atom. The quantitative estimate of drug-likeness (QED) is 0.242. The van der Waals surface area contributed by atoms with E-state index in [1.165, 1.54) is 28.4 Å². The van der Waals surface area contributed by atoms with E-state index in [4.69, 9.17) is 0 Å². The van der Waals surface area contributed by atoms with Crippen LogP contribution in [0.4, 0.5) is 10.1 Å². The molecular formula is C29H27FN4OS. The van der Waals surface area contributed by atoms with Gasteiger partial charge in [-0.2, -0.15) is 0 Å². The molecule has 182 valence electrons. The Balaban J connectivity index is 1.30. The molecule has 0 atom stereocenters. The number of aromatic amines is 1. The van der Waals surface area contributed by atoms with Gasteiger partial charge in [-0.25, -0.2) is 9.37 Å². The van der Waals surface area contributed by atoms with Gasteiger partial charge in [0.25, 0.3) is 5.91 Å². The molecule has 0 aliphatic carbocycles. The summed E-state index contributed by atoms with van der Waals surface area (Å²) in [5.74, 6) is -0.451. The number of aromatic nitrogens is 2. The minimum absolute atomic E-state index is 0.216. The second-order valence-corrected chi connectivity index (χ2v) is 9.80. The second kappa shape index (κ2) is 10.8. The Labute approximate surface area is 213 Å². The third-order valence-electron chi connectivity index (χ3n) is 6.18. The van der Waals surface area contributed by atoms with E-state index in [1.54, 1.807) is 11.4 Å². The van der Waals surface area contributed by atoms with Crippen LogP contribution in [0.1, 0.15) is 32.2 Å². The van der Waals surface area contributed by atoms with Crippen molar-refractivity contribution in [1.29, 1.82) is 0 Å². The largest absolute Gasteiger partial charge is 0.361 e. The van der Waals surface area contributed by atoms with Crippen LogP contribution < -0.4 is 5.32 Å². The van der Waals surface area contributed by atoms with E-state index in [1.807, 2.05) is 61.7 Å². The van der Waals surface area contributed by atoms with Gasteiger partial charge < -0.3 is 10.3 Å². The third-order valence-corrected chi connectivity index (χ3v) is 7.01. The third kappa shape index (κ3) is 5.70. The van der Waals surface area contributed by atoms with Crippen molar-refractivity contribution in [3.63, 3.8) is 0 Å². The van der Waals surface area contributed by atoms with Gasteiger partial charge in [0.05, 0.1) is 6.54 Å². The zero-order valence-electron chi connectivity index (χ0n) is 20.0. The first-order valence-electron chi connectivity index (χ1n) is 11.9. The number of hydrogen-bond donors (Lipinski definition) is 2. The van der Waals surface area contributed by atoms with E-state index in [9.17, 15) is 9.18 Å². The van der Waals surface area contributed by atoms with Gasteiger partial charge in [0.1, 0.15) is 16.5 Å². The summed E-state index contributed by atoms with van der Waals surface area (Å²) in [7, 11) is 0. The molecule has 2 N–H and O–H groups in total. The van der Waals surface area contributed by atoms with E-state index in [2.05, 4.69) is 32.3 Å². The summed E-state index contributed by atoms with van der Waals surface area (Å²) in [4.78, 5) is 22.8. The van der Waals surface area contributed by atoms with Gasteiger partial charge in [0.15, 0.2) is 0 Å². The smallest absolute Gasteiger partial charge is 0.275 e. The summed E-state index contributed by atoms with van der Waals surface area (Å²) < 4.78 is 14.5. The number of benzene rings is 3. The van der Waals surface area contributed by atoms with Crippen molar-refractivity contribution in [2.24, 2.45) is 0 Å². The van der Waals surface area contributed by atoms with Gasteiger partial charge in [-0.1, -0.05) is 54.1 Å². The van der Waals surface area contributed by atoms with Crippen molar-refractivity contribution in [2.75, 3.05) is 11.9 Å². The first-order chi connectivity index (χ1) is 17.5. The number of fused-ring (bicyclic) bond motifs is 1. The number of H-pyrrole nitrogens is 1. The zero-order valence-corrected chi connectivity index (χ0v) is 20.8. The van der Waals surface area contributed by atoms with Gasteiger partial charge in [0, 0.05) is 46.8 Å². The van der Waals surface area contributed by atoms with Crippen molar-refractivity contribution in [3.8, 4) is 0 Å². The average molecular weight is 499 g/mol. The molecule has 0 spiro atoms. The Hall–Kier alpha value is -3.81. The van der Waals surface area contributed by atoms with E-state index in [0.29, 0.717) is 24.3 Å². The van der Waals surface area contributed by atoms with Crippen LogP contribution in [0, 0.1) is 12.7 Å². The number of halogens is 1. The van der Waals surface area contributed by atoms with Gasteiger partial charge in [-0.05, 0) is 43.2 Å². The van der Waals surface area contributed by atoms with Crippen LogP contribution in [0.25, 0.3) is 10.9 Å². The fourth-order valence-electron chi connectivity index (χ4n) is 4.21. The molecule has 5 nitrogen and oxygen atoms in total. The topological polar surface area (TPSA) is 61.0 Å². The van der Waals surface area contributed by atoms with Gasteiger partial charge in [-0.15, -0.1) is 11.3 Å². The van der Waals surface area contributed by atoms with Crippen LogP contribution in [0.2, 0.25) is 0 Å². The lowest BCUT2D eigenvalue weighted by molar-refractivity contribution is 0.102. The highest BCUT2D eigenvalue weighted by Gasteiger charge is 2.16. The molecule has 2 heterocycles. The maximum atomic E-state index is 14.5. The molecule has 0 unspecified atom stereocenters. The molecule has 0 saturated heterocycles. The molecule has 0 saturated carbocycles. The summed E-state index contributed by atoms with van der Waals surface area (Å²) in [5, 5.41) is 6.70. The standard InChI is InChI=1S/C29H27FN4OS/c1-20-10-12-23(13-11-20)32-29(35)27-19-36-28(33-27)18-34(17-22-6-2-4-8-25(22)30)15-14-21-16-31-26-9-5-3-7-24(21)26/h2-13,16,19,31H,14-15,17-18H2,1H3,(H,32,35). The number of hydrogen-bond acceptors (Lipinski definition) is 4. The molecule has 5 rings (SSSR count). The maximum absolute atomic E-state index is 14.5. The highest BCUT2D eigenvalue weighted by molar-refractivity contribution is 7.09. The average Bonchev–Trinajstić information content (AvgIpc) is 3.52. The van der Waals surface area contributed by atoms with Crippen LogP contribution >= 0.6 is 11.3 Å². The van der Waals surface area contributed by atoms with Crippen molar-refractivity contribution in [2.45, 2.75) is 26.4 Å². The monoisotopic (exact) mass is 498 g/mol. The van der Waals surface area contributed by atoms with Crippen LogP contribution in [0.3, 0.4) is 0 Å². The molecule has 0 aliphatic rings. The predicted octanol–water partition coefficient (Wildman–Crippen LogP) is 6.57. The van der Waals surface area contributed by atoms with E-state index >= 15 is 0 Å². The number of carbonyl (C=O) groups is 1. The van der Waals surface area contributed by atoms with Gasteiger partial charge >= 0.3 is 0 Å². The number of amides is 1. The van der Waals surface area contributed by atoms with Crippen LogP contribution in [-0.2, 0) is 19.5 Å². The Morgan fingerprint density at radius 2 is 1.78 bits per heavy atom. The normalized spacial score (nSPS) is 11.3. The number of nitrogens with one attached hydrogen (secondary N) is 2. The first kappa shape index (κ1) is 23.9. The van der Waals surface area contributed by atoms with Crippen molar-refractivity contribution >= 4 is 33.8 Å². The highest BCUT2D eigenvalue weighted by Crippen LogP contribution is 2.21. The van der Waals surface area contributed by atoms with Crippen LogP contribution in [0.5, 0.6) is 0 Å². The molecule has 0 aliphatic heterocycles. The Kier molecular flexibility index (Phi) is 7.21. The van der Waals surface area contributed by atoms with Crippen molar-refractivity contribution < 1.29 is 9.18 Å². The minimum atomic E-state index is -0.235. The summed E-state index contributed by atoms with van der Waals surface area (Å²) in [6, 6.07) is 22.8. The summed E-state index contributed by atoms with van der Waals surface area (Å²) in [6.07, 6.45) is 2.85. The predicted molar refractivity (Wildman–Crippen MR) is 144 cm³/mol. The fourth-order valence-corrected chi connectivity index (χ4v) is 5.03. The number of nitrogens with zero attached hydrogens (tertiary/aromatic N) is 2. The molecule has 7 heteroatoms. The zero-order chi connectivity index (χ0) is 24.9. The molecule has 5 aromatic rings. The minimum Gasteiger partial charge on any atom is -0.361 e. The van der Waals surface area contributed by atoms with Gasteiger partial charge in [0.2, 0.25) is 0 Å².